The minimum Gasteiger partial charge on any atom is -0.496 e. The number of likely N-dealkylation sites (tertiary alicyclic amines) is 1. The van der Waals surface area contributed by atoms with E-state index >= 15 is 0 Å². The van der Waals surface area contributed by atoms with E-state index in [1.165, 1.54) is 12.8 Å². The third-order valence-electron chi connectivity index (χ3n) is 5.01. The van der Waals surface area contributed by atoms with Crippen LogP contribution in [0.4, 0.5) is 0 Å². The Hall–Kier alpha value is -3.37. The van der Waals surface area contributed by atoms with Crippen molar-refractivity contribution in [1.29, 1.82) is 5.26 Å². The van der Waals surface area contributed by atoms with Crippen LogP contribution in [0, 0.1) is 11.3 Å². The highest BCUT2D eigenvalue weighted by Gasteiger charge is 2.15. The normalized spacial score (nSPS) is 14.2. The molecule has 1 fully saturated rings. The van der Waals surface area contributed by atoms with Gasteiger partial charge in [0.2, 0.25) is 0 Å². The van der Waals surface area contributed by atoms with E-state index in [1.807, 2.05) is 25.1 Å². The first kappa shape index (κ1) is 21.3. The van der Waals surface area contributed by atoms with Crippen molar-refractivity contribution in [3.8, 4) is 17.6 Å². The lowest BCUT2D eigenvalue weighted by atomic mass is 10.1. The molecule has 1 aliphatic heterocycles. The summed E-state index contributed by atoms with van der Waals surface area (Å²) >= 11 is 0. The van der Waals surface area contributed by atoms with Crippen molar-refractivity contribution in [2.75, 3.05) is 26.8 Å². The van der Waals surface area contributed by atoms with Crippen LogP contribution < -0.4 is 14.9 Å². The van der Waals surface area contributed by atoms with Crippen LogP contribution in [-0.4, -0.2) is 43.3 Å². The SMILES string of the molecule is COc1ccc(/C(C)=N\NC(=O)COc2ccccc2C#N)cc1CN1CCCC1. The Morgan fingerprint density at radius 3 is 2.70 bits per heavy atom. The molecule has 1 amide bonds. The Labute approximate surface area is 176 Å². The molecule has 2 aromatic carbocycles. The minimum atomic E-state index is -0.395. The van der Waals surface area contributed by atoms with Gasteiger partial charge in [0, 0.05) is 12.1 Å². The van der Waals surface area contributed by atoms with E-state index in [-0.39, 0.29) is 6.61 Å². The molecule has 1 aliphatic rings. The van der Waals surface area contributed by atoms with Crippen molar-refractivity contribution >= 4 is 11.6 Å². The zero-order valence-corrected chi connectivity index (χ0v) is 17.4. The van der Waals surface area contributed by atoms with Gasteiger partial charge in [0.15, 0.2) is 6.61 Å². The fourth-order valence-electron chi connectivity index (χ4n) is 3.38. The van der Waals surface area contributed by atoms with Gasteiger partial charge in [-0.15, -0.1) is 0 Å². The molecule has 0 aromatic heterocycles. The number of benzene rings is 2. The lowest BCUT2D eigenvalue weighted by Gasteiger charge is -2.17. The summed E-state index contributed by atoms with van der Waals surface area (Å²) in [7, 11) is 1.67. The van der Waals surface area contributed by atoms with Gasteiger partial charge >= 0.3 is 0 Å². The Morgan fingerprint density at radius 2 is 1.97 bits per heavy atom. The van der Waals surface area contributed by atoms with Gasteiger partial charge in [0.05, 0.1) is 18.4 Å². The van der Waals surface area contributed by atoms with Gasteiger partial charge in [-0.3, -0.25) is 9.69 Å². The standard InChI is InChI=1S/C23H26N4O3/c1-17(25-26-23(28)16-30-22-8-4-3-7-19(22)14-24)18-9-10-21(29-2)20(13-18)15-27-11-5-6-12-27/h3-4,7-10,13H,5-6,11-12,15-16H2,1-2H3,(H,26,28)/b25-17-. The summed E-state index contributed by atoms with van der Waals surface area (Å²) in [4.78, 5) is 14.5. The maximum atomic E-state index is 12.1. The van der Waals surface area contributed by atoms with Crippen LogP contribution >= 0.6 is 0 Å². The first-order valence-electron chi connectivity index (χ1n) is 9.95. The number of hydrazone groups is 1. The quantitative estimate of drug-likeness (QED) is 0.538. The number of amides is 1. The summed E-state index contributed by atoms with van der Waals surface area (Å²) in [6.45, 7) is 4.66. The molecule has 7 heteroatoms. The first-order chi connectivity index (χ1) is 14.6. The predicted molar refractivity (Wildman–Crippen MR) is 115 cm³/mol. The van der Waals surface area contributed by atoms with E-state index in [9.17, 15) is 4.79 Å². The summed E-state index contributed by atoms with van der Waals surface area (Å²) in [6.07, 6.45) is 2.46. The van der Waals surface area contributed by atoms with Gasteiger partial charge in [0.25, 0.3) is 5.91 Å². The van der Waals surface area contributed by atoms with Crippen molar-refractivity contribution in [3.05, 3.63) is 59.2 Å². The lowest BCUT2D eigenvalue weighted by molar-refractivity contribution is -0.123. The molecule has 156 valence electrons. The Morgan fingerprint density at radius 1 is 1.20 bits per heavy atom. The Bertz CT molecular complexity index is 959. The van der Waals surface area contributed by atoms with Crippen LogP contribution in [0.5, 0.6) is 11.5 Å². The molecule has 1 saturated heterocycles. The van der Waals surface area contributed by atoms with Crippen LogP contribution in [0.2, 0.25) is 0 Å². The third-order valence-corrected chi connectivity index (χ3v) is 5.01. The highest BCUT2D eigenvalue weighted by atomic mass is 16.5. The summed E-state index contributed by atoms with van der Waals surface area (Å²) in [5.74, 6) is 0.831. The Balaban J connectivity index is 1.61. The molecular formula is C23H26N4O3. The lowest BCUT2D eigenvalue weighted by Crippen LogP contribution is -2.25. The number of hydrogen-bond acceptors (Lipinski definition) is 6. The summed E-state index contributed by atoms with van der Waals surface area (Å²) in [5.41, 5.74) is 5.60. The van der Waals surface area contributed by atoms with Gasteiger partial charge in [-0.05, 0) is 68.8 Å². The molecule has 0 spiro atoms. The molecule has 1 N–H and O–H groups in total. The van der Waals surface area contributed by atoms with Crippen molar-refractivity contribution < 1.29 is 14.3 Å². The average molecular weight is 406 g/mol. The maximum absolute atomic E-state index is 12.1. The zero-order valence-electron chi connectivity index (χ0n) is 17.4. The van der Waals surface area contributed by atoms with E-state index in [2.05, 4.69) is 21.5 Å². The number of para-hydroxylation sites is 1. The number of nitriles is 1. The molecule has 0 aliphatic carbocycles. The number of ether oxygens (including phenoxy) is 2. The smallest absolute Gasteiger partial charge is 0.277 e. The maximum Gasteiger partial charge on any atom is 0.277 e. The van der Waals surface area contributed by atoms with Crippen molar-refractivity contribution in [3.63, 3.8) is 0 Å². The molecular weight excluding hydrogens is 380 g/mol. The second kappa shape index (κ2) is 10.4. The van der Waals surface area contributed by atoms with E-state index in [4.69, 9.17) is 14.7 Å². The molecule has 3 rings (SSSR count). The molecule has 0 saturated carbocycles. The molecule has 0 bridgehead atoms. The summed E-state index contributed by atoms with van der Waals surface area (Å²) < 4.78 is 10.9. The number of carbonyl (C=O) groups is 1. The van der Waals surface area contributed by atoms with Gasteiger partial charge < -0.3 is 9.47 Å². The average Bonchev–Trinajstić information content (AvgIpc) is 3.29. The minimum absolute atomic E-state index is 0.224. The highest BCUT2D eigenvalue weighted by Crippen LogP contribution is 2.24. The highest BCUT2D eigenvalue weighted by molar-refractivity contribution is 5.99. The topological polar surface area (TPSA) is 87.0 Å². The van der Waals surface area contributed by atoms with Crippen LogP contribution in [0.3, 0.4) is 0 Å². The van der Waals surface area contributed by atoms with Crippen LogP contribution in [-0.2, 0) is 11.3 Å². The number of hydrogen-bond donors (Lipinski definition) is 1. The number of rotatable bonds is 8. The fraction of sp³-hybridized carbons (Fsp3) is 0.348. The molecule has 30 heavy (non-hydrogen) atoms. The Kier molecular flexibility index (Phi) is 7.41. The molecule has 1 heterocycles. The fourth-order valence-corrected chi connectivity index (χ4v) is 3.38. The largest absolute Gasteiger partial charge is 0.496 e. The van der Waals surface area contributed by atoms with E-state index in [0.717, 1.165) is 36.5 Å². The molecule has 7 nitrogen and oxygen atoms in total. The molecule has 0 radical (unpaired) electrons. The molecule has 0 atom stereocenters. The van der Waals surface area contributed by atoms with Crippen molar-refractivity contribution in [2.45, 2.75) is 26.3 Å². The van der Waals surface area contributed by atoms with E-state index in [1.54, 1.807) is 31.4 Å². The zero-order chi connectivity index (χ0) is 21.3. The number of nitrogens with one attached hydrogen (secondary N) is 1. The van der Waals surface area contributed by atoms with Gasteiger partial charge in [0.1, 0.15) is 17.6 Å². The van der Waals surface area contributed by atoms with Gasteiger partial charge in [-0.2, -0.15) is 10.4 Å². The monoisotopic (exact) mass is 406 g/mol. The number of methoxy groups -OCH3 is 1. The van der Waals surface area contributed by atoms with Crippen molar-refractivity contribution in [1.82, 2.24) is 10.3 Å². The number of carbonyl (C=O) groups excluding carboxylic acids is 1. The summed E-state index contributed by atoms with van der Waals surface area (Å²) in [6, 6.07) is 14.7. The second-order valence-electron chi connectivity index (χ2n) is 7.14. The molecule has 2 aromatic rings. The van der Waals surface area contributed by atoms with Crippen molar-refractivity contribution in [2.24, 2.45) is 5.10 Å². The first-order valence-corrected chi connectivity index (χ1v) is 9.95. The van der Waals surface area contributed by atoms with Crippen LogP contribution in [0.15, 0.2) is 47.6 Å². The summed E-state index contributed by atoms with van der Waals surface area (Å²) in [5, 5.41) is 13.3. The van der Waals surface area contributed by atoms with Crippen LogP contribution in [0.1, 0.15) is 36.5 Å². The second-order valence-corrected chi connectivity index (χ2v) is 7.14. The molecule has 0 unspecified atom stereocenters. The van der Waals surface area contributed by atoms with Gasteiger partial charge in [-0.1, -0.05) is 12.1 Å². The third kappa shape index (κ3) is 5.58. The van der Waals surface area contributed by atoms with Gasteiger partial charge in [-0.25, -0.2) is 5.43 Å². The van der Waals surface area contributed by atoms with E-state index < -0.39 is 5.91 Å². The predicted octanol–water partition coefficient (Wildman–Crippen LogP) is 3.08. The van der Waals surface area contributed by atoms with E-state index in [0.29, 0.717) is 17.0 Å². The number of nitrogens with zero attached hydrogens (tertiary/aromatic N) is 3. The van der Waals surface area contributed by atoms with Crippen LogP contribution in [0.25, 0.3) is 0 Å².